The third-order valence-electron chi connectivity index (χ3n) is 10.1. The minimum atomic E-state index is 0.798. The van der Waals surface area contributed by atoms with Gasteiger partial charge in [-0.15, -0.1) is 0 Å². The van der Waals surface area contributed by atoms with Gasteiger partial charge in [-0.25, -0.2) is 9.97 Å². The number of fused-ring (bicyclic) bond motifs is 6. The molecule has 246 valence electrons. The number of pyridine rings is 2. The zero-order valence-corrected chi connectivity index (χ0v) is 28.8. The van der Waals surface area contributed by atoms with Crippen molar-refractivity contribution in [3.05, 3.63) is 175 Å². The van der Waals surface area contributed by atoms with Crippen molar-refractivity contribution in [1.82, 2.24) is 14.5 Å². The SMILES string of the molecule is Cc1cc(C)cc(-c2ccc3c4ccccc4n(-c4cc(-c5ccccc5)cc(-c5cccc6c5oc5cc(-c7ccccc7)ccc56)n4)c3n2)c1. The fourth-order valence-corrected chi connectivity index (χ4v) is 7.73. The molecular formula is C48H33N3O. The minimum Gasteiger partial charge on any atom is -0.455 e. The summed E-state index contributed by atoms with van der Waals surface area (Å²) in [7, 11) is 0. The fourth-order valence-electron chi connectivity index (χ4n) is 7.73. The van der Waals surface area contributed by atoms with Crippen molar-refractivity contribution >= 4 is 43.9 Å². The normalized spacial score (nSPS) is 11.7. The Morgan fingerprint density at radius 3 is 1.92 bits per heavy atom. The lowest BCUT2D eigenvalue weighted by Gasteiger charge is -2.13. The van der Waals surface area contributed by atoms with E-state index in [9.17, 15) is 0 Å². The molecule has 0 aliphatic carbocycles. The van der Waals surface area contributed by atoms with E-state index in [0.29, 0.717) is 0 Å². The van der Waals surface area contributed by atoms with Gasteiger partial charge in [0.2, 0.25) is 0 Å². The molecule has 0 saturated heterocycles. The van der Waals surface area contributed by atoms with E-state index in [-0.39, 0.29) is 0 Å². The van der Waals surface area contributed by atoms with Gasteiger partial charge in [-0.3, -0.25) is 4.57 Å². The highest BCUT2D eigenvalue weighted by atomic mass is 16.3. The third kappa shape index (κ3) is 4.99. The Bertz CT molecular complexity index is 2950. The summed E-state index contributed by atoms with van der Waals surface area (Å²) >= 11 is 0. The number of hydrogen-bond acceptors (Lipinski definition) is 3. The first kappa shape index (κ1) is 30.1. The smallest absolute Gasteiger partial charge is 0.147 e. The first-order valence-electron chi connectivity index (χ1n) is 17.7. The van der Waals surface area contributed by atoms with Crippen LogP contribution in [0.5, 0.6) is 0 Å². The Morgan fingerprint density at radius 2 is 1.13 bits per heavy atom. The Labute approximate surface area is 301 Å². The van der Waals surface area contributed by atoms with Crippen LogP contribution in [-0.4, -0.2) is 14.5 Å². The molecule has 0 aliphatic rings. The van der Waals surface area contributed by atoms with Crippen molar-refractivity contribution in [1.29, 1.82) is 0 Å². The van der Waals surface area contributed by atoms with Gasteiger partial charge in [0.05, 0.1) is 16.9 Å². The van der Waals surface area contributed by atoms with E-state index < -0.39 is 0 Å². The van der Waals surface area contributed by atoms with Crippen LogP contribution < -0.4 is 0 Å². The van der Waals surface area contributed by atoms with Crippen LogP contribution in [0.15, 0.2) is 168 Å². The predicted octanol–water partition coefficient (Wildman–Crippen LogP) is 12.8. The maximum atomic E-state index is 6.74. The number of rotatable bonds is 5. The molecule has 10 aromatic rings. The van der Waals surface area contributed by atoms with Crippen LogP contribution in [0.4, 0.5) is 0 Å². The summed E-state index contributed by atoms with van der Waals surface area (Å²) in [6.45, 7) is 4.27. The van der Waals surface area contributed by atoms with Crippen LogP contribution in [0.3, 0.4) is 0 Å². The van der Waals surface area contributed by atoms with E-state index >= 15 is 0 Å². The number of hydrogen-bond donors (Lipinski definition) is 0. The lowest BCUT2D eigenvalue weighted by atomic mass is 10.0. The molecule has 0 atom stereocenters. The highest BCUT2D eigenvalue weighted by Gasteiger charge is 2.20. The highest BCUT2D eigenvalue weighted by molar-refractivity contribution is 6.11. The molecule has 52 heavy (non-hydrogen) atoms. The van der Waals surface area contributed by atoms with E-state index in [1.165, 1.54) is 11.1 Å². The second kappa shape index (κ2) is 11.9. The van der Waals surface area contributed by atoms with Gasteiger partial charge < -0.3 is 4.42 Å². The van der Waals surface area contributed by atoms with Crippen LogP contribution in [0.25, 0.3) is 94.5 Å². The highest BCUT2D eigenvalue weighted by Crippen LogP contribution is 2.40. The molecule has 0 unspecified atom stereocenters. The third-order valence-corrected chi connectivity index (χ3v) is 10.1. The molecule has 4 heteroatoms. The largest absolute Gasteiger partial charge is 0.455 e. The number of para-hydroxylation sites is 2. The first-order valence-corrected chi connectivity index (χ1v) is 17.7. The molecule has 10 rings (SSSR count). The molecule has 0 fully saturated rings. The standard InChI is InChI=1S/C48H33N3O/c1-30-24-31(2)26-36(25-30)42-23-22-40-37-16-9-10-19-44(37)51(48(40)50-42)46-29-35(33-14-7-4-8-15-33)27-43(49-46)41-18-11-17-39-38-21-20-34(28-45(38)52-47(39)41)32-12-5-3-6-13-32/h3-29H,1-2H3. The summed E-state index contributed by atoms with van der Waals surface area (Å²) in [5.74, 6) is 0.798. The van der Waals surface area contributed by atoms with Gasteiger partial charge >= 0.3 is 0 Å². The van der Waals surface area contributed by atoms with Crippen molar-refractivity contribution in [3.63, 3.8) is 0 Å². The molecule has 4 nitrogen and oxygen atoms in total. The maximum Gasteiger partial charge on any atom is 0.147 e. The maximum absolute atomic E-state index is 6.74. The molecule has 0 radical (unpaired) electrons. The molecule has 0 N–H and O–H groups in total. The molecule has 0 saturated carbocycles. The van der Waals surface area contributed by atoms with Gasteiger partial charge in [0.1, 0.15) is 22.6 Å². The van der Waals surface area contributed by atoms with Crippen molar-refractivity contribution < 1.29 is 4.42 Å². The molecule has 4 heterocycles. The van der Waals surface area contributed by atoms with E-state index in [2.05, 4.69) is 176 Å². The van der Waals surface area contributed by atoms with E-state index in [0.717, 1.165) is 94.5 Å². The number of nitrogens with zero attached hydrogens (tertiary/aromatic N) is 3. The molecule has 0 aliphatic heterocycles. The van der Waals surface area contributed by atoms with Gasteiger partial charge in [0.25, 0.3) is 0 Å². The van der Waals surface area contributed by atoms with Crippen LogP contribution in [0.2, 0.25) is 0 Å². The summed E-state index contributed by atoms with van der Waals surface area (Å²) in [5, 5.41) is 4.38. The zero-order chi connectivity index (χ0) is 34.8. The van der Waals surface area contributed by atoms with Gasteiger partial charge in [-0.05, 0) is 96.8 Å². The van der Waals surface area contributed by atoms with E-state index in [1.54, 1.807) is 0 Å². The number of benzene rings is 6. The zero-order valence-electron chi connectivity index (χ0n) is 28.8. The quantitative estimate of drug-likeness (QED) is 0.183. The second-order valence-corrected chi connectivity index (χ2v) is 13.6. The van der Waals surface area contributed by atoms with E-state index in [4.69, 9.17) is 14.4 Å². The Kier molecular flexibility index (Phi) is 6.90. The predicted molar refractivity (Wildman–Crippen MR) is 215 cm³/mol. The van der Waals surface area contributed by atoms with Crippen LogP contribution >= 0.6 is 0 Å². The van der Waals surface area contributed by atoms with Crippen molar-refractivity contribution in [2.75, 3.05) is 0 Å². The minimum absolute atomic E-state index is 0.798. The van der Waals surface area contributed by atoms with Gasteiger partial charge in [0, 0.05) is 32.7 Å². The molecule has 0 bridgehead atoms. The Morgan fingerprint density at radius 1 is 0.442 bits per heavy atom. The van der Waals surface area contributed by atoms with Crippen molar-refractivity contribution in [2.24, 2.45) is 0 Å². The average Bonchev–Trinajstić information content (AvgIpc) is 3.73. The van der Waals surface area contributed by atoms with Crippen LogP contribution in [0.1, 0.15) is 11.1 Å². The summed E-state index contributed by atoms with van der Waals surface area (Å²) in [6, 6.07) is 57.6. The second-order valence-electron chi connectivity index (χ2n) is 13.6. The summed E-state index contributed by atoms with van der Waals surface area (Å²) in [4.78, 5) is 10.8. The molecular weight excluding hydrogens is 635 g/mol. The molecule has 0 amide bonds. The lowest BCUT2D eigenvalue weighted by Crippen LogP contribution is -2.01. The van der Waals surface area contributed by atoms with Crippen LogP contribution in [0, 0.1) is 13.8 Å². The Balaban J connectivity index is 1.22. The number of aromatic nitrogens is 3. The van der Waals surface area contributed by atoms with Gasteiger partial charge in [-0.1, -0.05) is 114 Å². The summed E-state index contributed by atoms with van der Waals surface area (Å²) in [5.41, 5.74) is 14.3. The van der Waals surface area contributed by atoms with Crippen molar-refractivity contribution in [2.45, 2.75) is 13.8 Å². The molecule has 0 spiro atoms. The summed E-state index contributed by atoms with van der Waals surface area (Å²) < 4.78 is 8.96. The number of furan rings is 1. The van der Waals surface area contributed by atoms with E-state index in [1.807, 2.05) is 6.07 Å². The van der Waals surface area contributed by atoms with Crippen LogP contribution in [-0.2, 0) is 0 Å². The molecule has 4 aromatic heterocycles. The number of aryl methyl sites for hydroxylation is 2. The monoisotopic (exact) mass is 667 g/mol. The summed E-state index contributed by atoms with van der Waals surface area (Å²) in [6.07, 6.45) is 0. The first-order chi connectivity index (χ1) is 25.6. The average molecular weight is 668 g/mol. The Hall–Kier alpha value is -6.78. The fraction of sp³-hybridized carbons (Fsp3) is 0.0417. The van der Waals surface area contributed by atoms with Gasteiger partial charge in [0.15, 0.2) is 0 Å². The topological polar surface area (TPSA) is 43.9 Å². The van der Waals surface area contributed by atoms with Gasteiger partial charge in [-0.2, -0.15) is 0 Å². The molecule has 6 aromatic carbocycles. The lowest BCUT2D eigenvalue weighted by molar-refractivity contribution is 0.670. The van der Waals surface area contributed by atoms with Crippen molar-refractivity contribution in [3.8, 4) is 50.6 Å².